The molecule has 1 unspecified atom stereocenters. The van der Waals surface area contributed by atoms with Crippen LogP contribution in [0.15, 0.2) is 12.4 Å². The molecular formula is C11H20N4. The summed E-state index contributed by atoms with van der Waals surface area (Å²) in [7, 11) is 0. The lowest BCUT2D eigenvalue weighted by molar-refractivity contribution is 0.338. The molecule has 1 aromatic rings. The van der Waals surface area contributed by atoms with Crippen molar-refractivity contribution in [3.05, 3.63) is 18.2 Å². The molecule has 1 atom stereocenters. The van der Waals surface area contributed by atoms with Gasteiger partial charge in [-0.2, -0.15) is 0 Å². The van der Waals surface area contributed by atoms with Crippen molar-refractivity contribution in [2.45, 2.75) is 19.9 Å². The van der Waals surface area contributed by atoms with Crippen molar-refractivity contribution in [2.75, 3.05) is 26.2 Å². The van der Waals surface area contributed by atoms with Crippen molar-refractivity contribution in [1.82, 2.24) is 20.2 Å². The van der Waals surface area contributed by atoms with Gasteiger partial charge in [-0.25, -0.2) is 4.98 Å². The zero-order chi connectivity index (χ0) is 10.5. The zero-order valence-corrected chi connectivity index (χ0v) is 9.37. The number of likely N-dealkylation sites (tertiary alicyclic amines) is 1. The van der Waals surface area contributed by atoms with Gasteiger partial charge in [-0.05, 0) is 32.0 Å². The van der Waals surface area contributed by atoms with E-state index in [0.717, 1.165) is 24.8 Å². The maximum Gasteiger partial charge on any atom is 0.120 e. The monoisotopic (exact) mass is 208 g/mol. The quantitative estimate of drug-likeness (QED) is 0.753. The van der Waals surface area contributed by atoms with Gasteiger partial charge in [-0.1, -0.05) is 6.92 Å². The van der Waals surface area contributed by atoms with E-state index in [1.165, 1.54) is 26.1 Å². The molecule has 0 amide bonds. The SMILES string of the molecule is CCN1CCC(CNCc2ncc[nH]2)C1. The van der Waals surface area contributed by atoms with Crippen LogP contribution < -0.4 is 5.32 Å². The predicted octanol–water partition coefficient (Wildman–Crippen LogP) is 0.841. The van der Waals surface area contributed by atoms with Crippen molar-refractivity contribution in [3.63, 3.8) is 0 Å². The Bertz CT molecular complexity index is 270. The molecule has 4 nitrogen and oxygen atoms in total. The molecule has 1 fully saturated rings. The van der Waals surface area contributed by atoms with E-state index in [2.05, 4.69) is 27.1 Å². The van der Waals surface area contributed by atoms with Gasteiger partial charge in [0.25, 0.3) is 0 Å². The van der Waals surface area contributed by atoms with E-state index < -0.39 is 0 Å². The molecule has 0 aliphatic carbocycles. The highest BCUT2D eigenvalue weighted by Crippen LogP contribution is 2.14. The van der Waals surface area contributed by atoms with Crippen molar-refractivity contribution in [3.8, 4) is 0 Å². The lowest BCUT2D eigenvalue weighted by Crippen LogP contribution is -2.26. The molecular weight excluding hydrogens is 188 g/mol. The molecule has 1 aromatic heterocycles. The summed E-state index contributed by atoms with van der Waals surface area (Å²) in [5.74, 6) is 1.85. The topological polar surface area (TPSA) is 44.0 Å². The molecule has 0 spiro atoms. The second kappa shape index (κ2) is 5.28. The Morgan fingerprint density at radius 2 is 2.60 bits per heavy atom. The van der Waals surface area contributed by atoms with E-state index in [1.807, 2.05) is 6.20 Å². The number of nitrogens with one attached hydrogen (secondary N) is 2. The highest BCUT2D eigenvalue weighted by atomic mass is 15.1. The number of nitrogens with zero attached hydrogens (tertiary/aromatic N) is 2. The van der Waals surface area contributed by atoms with Crippen LogP contribution >= 0.6 is 0 Å². The van der Waals surface area contributed by atoms with Gasteiger partial charge in [-0.15, -0.1) is 0 Å². The fourth-order valence-corrected chi connectivity index (χ4v) is 2.16. The summed E-state index contributed by atoms with van der Waals surface area (Å²) in [6.45, 7) is 7.91. The lowest BCUT2D eigenvalue weighted by Gasteiger charge is -2.13. The van der Waals surface area contributed by atoms with E-state index in [1.54, 1.807) is 6.20 Å². The van der Waals surface area contributed by atoms with E-state index in [-0.39, 0.29) is 0 Å². The molecule has 2 heterocycles. The smallest absolute Gasteiger partial charge is 0.120 e. The molecule has 0 saturated carbocycles. The van der Waals surface area contributed by atoms with Crippen LogP contribution in [0.4, 0.5) is 0 Å². The van der Waals surface area contributed by atoms with Crippen molar-refractivity contribution in [1.29, 1.82) is 0 Å². The van der Waals surface area contributed by atoms with Gasteiger partial charge < -0.3 is 15.2 Å². The van der Waals surface area contributed by atoms with Crippen molar-refractivity contribution in [2.24, 2.45) is 5.92 Å². The summed E-state index contributed by atoms with van der Waals surface area (Å²) in [6.07, 6.45) is 5.00. The fourth-order valence-electron chi connectivity index (χ4n) is 2.16. The Morgan fingerprint density at radius 3 is 3.27 bits per heavy atom. The first-order valence-electron chi connectivity index (χ1n) is 5.80. The van der Waals surface area contributed by atoms with E-state index in [4.69, 9.17) is 0 Å². The largest absolute Gasteiger partial charge is 0.348 e. The minimum Gasteiger partial charge on any atom is -0.348 e. The Kier molecular flexibility index (Phi) is 3.75. The van der Waals surface area contributed by atoms with Crippen LogP contribution in [-0.2, 0) is 6.54 Å². The fraction of sp³-hybridized carbons (Fsp3) is 0.727. The summed E-state index contributed by atoms with van der Waals surface area (Å²) >= 11 is 0. The van der Waals surface area contributed by atoms with Gasteiger partial charge in [0, 0.05) is 18.9 Å². The summed E-state index contributed by atoms with van der Waals surface area (Å²) in [5, 5.41) is 3.45. The molecule has 84 valence electrons. The van der Waals surface area contributed by atoms with Gasteiger partial charge in [0.15, 0.2) is 0 Å². The summed E-state index contributed by atoms with van der Waals surface area (Å²) in [4.78, 5) is 9.79. The molecule has 0 bridgehead atoms. The molecule has 2 rings (SSSR count). The van der Waals surface area contributed by atoms with Crippen LogP contribution in [0.2, 0.25) is 0 Å². The molecule has 1 aliphatic heterocycles. The number of aromatic nitrogens is 2. The second-order valence-corrected chi connectivity index (χ2v) is 4.21. The van der Waals surface area contributed by atoms with Crippen LogP contribution in [0.3, 0.4) is 0 Å². The number of imidazole rings is 1. The first-order valence-corrected chi connectivity index (χ1v) is 5.80. The van der Waals surface area contributed by atoms with E-state index >= 15 is 0 Å². The average Bonchev–Trinajstić information content (AvgIpc) is 2.88. The summed E-state index contributed by atoms with van der Waals surface area (Å²) in [6, 6.07) is 0. The molecule has 15 heavy (non-hydrogen) atoms. The van der Waals surface area contributed by atoms with Crippen LogP contribution in [0, 0.1) is 5.92 Å². The van der Waals surface area contributed by atoms with Gasteiger partial charge in [0.2, 0.25) is 0 Å². The van der Waals surface area contributed by atoms with Gasteiger partial charge in [0.05, 0.1) is 6.54 Å². The Morgan fingerprint density at radius 1 is 1.67 bits per heavy atom. The summed E-state index contributed by atoms with van der Waals surface area (Å²) in [5.41, 5.74) is 0. The minimum atomic E-state index is 0.819. The Labute approximate surface area is 91.1 Å². The molecule has 4 heteroatoms. The molecule has 1 saturated heterocycles. The molecule has 2 N–H and O–H groups in total. The summed E-state index contributed by atoms with van der Waals surface area (Å²) < 4.78 is 0. The van der Waals surface area contributed by atoms with Crippen LogP contribution in [0.5, 0.6) is 0 Å². The van der Waals surface area contributed by atoms with Gasteiger partial charge in [0.1, 0.15) is 5.82 Å². The highest BCUT2D eigenvalue weighted by Gasteiger charge is 2.20. The first-order chi connectivity index (χ1) is 7.38. The normalized spacial score (nSPS) is 22.3. The lowest BCUT2D eigenvalue weighted by atomic mass is 10.1. The number of hydrogen-bond donors (Lipinski definition) is 2. The molecule has 0 aromatic carbocycles. The Hall–Kier alpha value is -0.870. The standard InChI is InChI=1S/C11H20N4/c1-2-15-6-3-10(9-15)7-12-8-11-13-4-5-14-11/h4-5,10,12H,2-3,6-9H2,1H3,(H,13,14). The highest BCUT2D eigenvalue weighted by molar-refractivity contribution is 4.86. The maximum absolute atomic E-state index is 4.18. The second-order valence-electron chi connectivity index (χ2n) is 4.21. The minimum absolute atomic E-state index is 0.819. The van der Waals surface area contributed by atoms with Crippen molar-refractivity contribution >= 4 is 0 Å². The van der Waals surface area contributed by atoms with Gasteiger partial charge >= 0.3 is 0 Å². The first kappa shape index (κ1) is 10.6. The Balaban J connectivity index is 1.63. The number of rotatable bonds is 5. The third-order valence-corrected chi connectivity index (χ3v) is 3.10. The number of H-pyrrole nitrogens is 1. The van der Waals surface area contributed by atoms with Crippen LogP contribution in [-0.4, -0.2) is 41.0 Å². The molecule has 1 aliphatic rings. The van der Waals surface area contributed by atoms with Crippen LogP contribution in [0.25, 0.3) is 0 Å². The predicted molar refractivity (Wildman–Crippen MR) is 60.5 cm³/mol. The van der Waals surface area contributed by atoms with Crippen LogP contribution in [0.1, 0.15) is 19.2 Å². The molecule has 0 radical (unpaired) electrons. The van der Waals surface area contributed by atoms with E-state index in [9.17, 15) is 0 Å². The number of aromatic amines is 1. The van der Waals surface area contributed by atoms with Gasteiger partial charge in [-0.3, -0.25) is 0 Å². The van der Waals surface area contributed by atoms with E-state index in [0.29, 0.717) is 0 Å². The average molecular weight is 208 g/mol. The third-order valence-electron chi connectivity index (χ3n) is 3.10. The maximum atomic E-state index is 4.18. The zero-order valence-electron chi connectivity index (χ0n) is 9.37. The number of hydrogen-bond acceptors (Lipinski definition) is 3. The third kappa shape index (κ3) is 3.04. The van der Waals surface area contributed by atoms with Crippen molar-refractivity contribution < 1.29 is 0 Å².